The van der Waals surface area contributed by atoms with Crippen molar-refractivity contribution in [3.63, 3.8) is 0 Å². The number of hydrogen-bond donors (Lipinski definition) is 0. The third kappa shape index (κ3) is 2.58. The summed E-state index contributed by atoms with van der Waals surface area (Å²) in [5.74, 6) is 0.804. The Morgan fingerprint density at radius 3 is 2.71 bits per heavy atom. The number of nitrogens with zero attached hydrogens (tertiary/aromatic N) is 1. The van der Waals surface area contributed by atoms with E-state index in [2.05, 4.69) is 0 Å². The van der Waals surface area contributed by atoms with Crippen LogP contribution in [-0.2, 0) is 10.0 Å². The summed E-state index contributed by atoms with van der Waals surface area (Å²) in [5.41, 5.74) is 0. The van der Waals surface area contributed by atoms with Crippen LogP contribution in [0.2, 0.25) is 10.0 Å². The number of benzene rings is 1. The summed E-state index contributed by atoms with van der Waals surface area (Å²) in [6.45, 7) is 2.38. The first-order valence-corrected chi connectivity index (χ1v) is 8.26. The summed E-state index contributed by atoms with van der Waals surface area (Å²) in [6, 6.07) is 4.48. The van der Waals surface area contributed by atoms with E-state index in [0.29, 0.717) is 11.6 Å². The molecule has 0 saturated carbocycles. The SMILES string of the molecule is CC1SCCN1S(=O)(=O)c1cc(Cl)ccc1Cl. The third-order valence-electron chi connectivity index (χ3n) is 2.56. The summed E-state index contributed by atoms with van der Waals surface area (Å²) in [7, 11) is -3.54. The molecule has 7 heteroatoms. The van der Waals surface area contributed by atoms with Crippen molar-refractivity contribution in [2.45, 2.75) is 17.2 Å². The quantitative estimate of drug-likeness (QED) is 0.842. The number of hydrogen-bond acceptors (Lipinski definition) is 3. The van der Waals surface area contributed by atoms with Gasteiger partial charge in [0.1, 0.15) is 4.90 Å². The zero-order chi connectivity index (χ0) is 12.6. The van der Waals surface area contributed by atoms with E-state index in [1.807, 2.05) is 6.92 Å². The lowest BCUT2D eigenvalue weighted by Crippen LogP contribution is -2.33. The highest BCUT2D eigenvalue weighted by Crippen LogP contribution is 2.33. The first-order valence-electron chi connectivity index (χ1n) is 5.01. The Kier molecular flexibility index (Phi) is 3.95. The van der Waals surface area contributed by atoms with Gasteiger partial charge in [-0.05, 0) is 25.1 Å². The van der Waals surface area contributed by atoms with Crippen LogP contribution in [0.4, 0.5) is 0 Å². The molecule has 2 rings (SSSR count). The van der Waals surface area contributed by atoms with Gasteiger partial charge in [0, 0.05) is 17.3 Å². The Bertz CT molecular complexity index is 533. The van der Waals surface area contributed by atoms with Gasteiger partial charge in [-0.1, -0.05) is 23.2 Å². The lowest BCUT2D eigenvalue weighted by atomic mass is 10.4. The molecule has 0 radical (unpaired) electrons. The molecule has 0 bridgehead atoms. The zero-order valence-corrected chi connectivity index (χ0v) is 12.2. The molecule has 1 aromatic rings. The molecule has 0 aromatic heterocycles. The van der Waals surface area contributed by atoms with E-state index in [-0.39, 0.29) is 15.3 Å². The largest absolute Gasteiger partial charge is 0.245 e. The second-order valence-electron chi connectivity index (χ2n) is 3.66. The van der Waals surface area contributed by atoms with Crippen molar-refractivity contribution in [1.29, 1.82) is 0 Å². The van der Waals surface area contributed by atoms with Gasteiger partial charge in [0.2, 0.25) is 10.0 Å². The Hall–Kier alpha value is 0.0600. The maximum Gasteiger partial charge on any atom is 0.245 e. The second-order valence-corrected chi connectivity index (χ2v) is 7.79. The van der Waals surface area contributed by atoms with Crippen LogP contribution in [0.3, 0.4) is 0 Å². The fourth-order valence-electron chi connectivity index (χ4n) is 1.69. The second kappa shape index (κ2) is 4.97. The summed E-state index contributed by atoms with van der Waals surface area (Å²) in [6.07, 6.45) is 0. The van der Waals surface area contributed by atoms with Crippen molar-refractivity contribution in [2.75, 3.05) is 12.3 Å². The van der Waals surface area contributed by atoms with Crippen molar-refractivity contribution >= 4 is 45.0 Å². The average molecular weight is 312 g/mol. The molecule has 0 N–H and O–H groups in total. The molecule has 1 atom stereocenters. The molecule has 1 unspecified atom stereocenters. The summed E-state index contributed by atoms with van der Waals surface area (Å²) >= 11 is 13.4. The van der Waals surface area contributed by atoms with Gasteiger partial charge in [0.05, 0.1) is 10.4 Å². The normalized spacial score (nSPS) is 21.9. The molecular weight excluding hydrogens is 301 g/mol. The molecule has 1 heterocycles. The maximum absolute atomic E-state index is 12.4. The predicted molar refractivity (Wildman–Crippen MR) is 72.3 cm³/mol. The highest BCUT2D eigenvalue weighted by Gasteiger charge is 2.34. The van der Waals surface area contributed by atoms with Crippen molar-refractivity contribution in [3.8, 4) is 0 Å². The van der Waals surface area contributed by atoms with Crippen LogP contribution in [0.1, 0.15) is 6.92 Å². The zero-order valence-electron chi connectivity index (χ0n) is 9.06. The van der Waals surface area contributed by atoms with Gasteiger partial charge in [0.15, 0.2) is 0 Å². The number of sulfonamides is 1. The van der Waals surface area contributed by atoms with Gasteiger partial charge in [-0.15, -0.1) is 11.8 Å². The maximum atomic E-state index is 12.4. The van der Waals surface area contributed by atoms with Crippen molar-refractivity contribution in [2.24, 2.45) is 0 Å². The molecule has 94 valence electrons. The highest BCUT2D eigenvalue weighted by molar-refractivity contribution is 8.01. The molecule has 1 fully saturated rings. The van der Waals surface area contributed by atoms with Crippen LogP contribution in [0.25, 0.3) is 0 Å². The highest BCUT2D eigenvalue weighted by atomic mass is 35.5. The van der Waals surface area contributed by atoms with Gasteiger partial charge >= 0.3 is 0 Å². The van der Waals surface area contributed by atoms with Crippen LogP contribution in [0.15, 0.2) is 23.1 Å². The lowest BCUT2D eigenvalue weighted by Gasteiger charge is -2.20. The van der Waals surface area contributed by atoms with Crippen LogP contribution in [0.5, 0.6) is 0 Å². The Morgan fingerprint density at radius 1 is 1.41 bits per heavy atom. The minimum Gasteiger partial charge on any atom is -0.207 e. The monoisotopic (exact) mass is 311 g/mol. The van der Waals surface area contributed by atoms with Crippen LogP contribution in [-0.4, -0.2) is 30.4 Å². The molecule has 3 nitrogen and oxygen atoms in total. The average Bonchev–Trinajstić information content (AvgIpc) is 2.68. The van der Waals surface area contributed by atoms with E-state index in [1.165, 1.54) is 16.4 Å². The Labute approximate surface area is 115 Å². The fourth-order valence-corrected chi connectivity index (χ4v) is 5.46. The van der Waals surface area contributed by atoms with Gasteiger partial charge < -0.3 is 0 Å². The molecular formula is C10H11Cl2NO2S2. The topological polar surface area (TPSA) is 37.4 Å². The lowest BCUT2D eigenvalue weighted by molar-refractivity contribution is 0.442. The van der Waals surface area contributed by atoms with E-state index in [9.17, 15) is 8.42 Å². The molecule has 1 aliphatic heterocycles. The van der Waals surface area contributed by atoms with Gasteiger partial charge in [-0.25, -0.2) is 8.42 Å². The number of rotatable bonds is 2. The number of thioether (sulfide) groups is 1. The Morgan fingerprint density at radius 2 is 2.12 bits per heavy atom. The molecule has 1 aromatic carbocycles. The third-order valence-corrected chi connectivity index (χ3v) is 6.53. The van der Waals surface area contributed by atoms with Crippen molar-refractivity contribution in [3.05, 3.63) is 28.2 Å². The van der Waals surface area contributed by atoms with E-state index in [1.54, 1.807) is 17.8 Å². The number of halogens is 2. The molecule has 1 aliphatic rings. The molecule has 17 heavy (non-hydrogen) atoms. The van der Waals surface area contributed by atoms with Crippen LogP contribution < -0.4 is 0 Å². The summed E-state index contributed by atoms with van der Waals surface area (Å²) < 4.78 is 26.2. The predicted octanol–water partition coefficient (Wildman–Crippen LogP) is 3.08. The molecule has 1 saturated heterocycles. The first-order chi connectivity index (χ1) is 7.93. The Balaban J connectivity index is 2.48. The summed E-state index contributed by atoms with van der Waals surface area (Å²) in [4.78, 5) is 0.0843. The smallest absolute Gasteiger partial charge is 0.207 e. The first kappa shape index (κ1) is 13.5. The van der Waals surface area contributed by atoms with E-state index in [0.717, 1.165) is 5.75 Å². The molecule has 0 aliphatic carbocycles. The van der Waals surface area contributed by atoms with Crippen molar-refractivity contribution in [1.82, 2.24) is 4.31 Å². The molecule has 0 amide bonds. The minimum atomic E-state index is -3.54. The van der Waals surface area contributed by atoms with Gasteiger partial charge in [-0.2, -0.15) is 4.31 Å². The van der Waals surface area contributed by atoms with Gasteiger partial charge in [0.25, 0.3) is 0 Å². The van der Waals surface area contributed by atoms with Crippen molar-refractivity contribution < 1.29 is 8.42 Å². The summed E-state index contributed by atoms with van der Waals surface area (Å²) in [5, 5.41) is 0.515. The van der Waals surface area contributed by atoms with E-state index in [4.69, 9.17) is 23.2 Å². The van der Waals surface area contributed by atoms with Crippen LogP contribution in [0, 0.1) is 0 Å². The minimum absolute atomic E-state index is 0.0601. The van der Waals surface area contributed by atoms with E-state index < -0.39 is 10.0 Å². The standard InChI is InChI=1S/C10H11Cl2NO2S2/c1-7-13(4-5-16-7)17(14,15)10-6-8(11)2-3-9(10)12/h2-3,6-7H,4-5H2,1H3. The van der Waals surface area contributed by atoms with Crippen LogP contribution >= 0.6 is 35.0 Å². The fraction of sp³-hybridized carbons (Fsp3) is 0.400. The van der Waals surface area contributed by atoms with Gasteiger partial charge in [-0.3, -0.25) is 0 Å². The molecule has 0 spiro atoms. The van der Waals surface area contributed by atoms with E-state index >= 15 is 0 Å².